The molecule has 2 aromatic carbocycles. The fraction of sp³-hybridized carbons (Fsp3) is 0.273. The van der Waals surface area contributed by atoms with Gasteiger partial charge in [-0.2, -0.15) is 0 Å². The van der Waals surface area contributed by atoms with Crippen molar-refractivity contribution in [3.8, 4) is 5.75 Å². The van der Waals surface area contributed by atoms with E-state index in [0.29, 0.717) is 28.2 Å². The number of ether oxygens (including phenoxy) is 1. The molecule has 0 fully saturated rings. The summed E-state index contributed by atoms with van der Waals surface area (Å²) in [5.74, 6) is -0.133. The number of primary amides is 1. The SMILES string of the molecule is CCCC(CCO)Oc1ccc2c(NC(N)=O)c(C(=O)c3ccc(Cl)cc3Cl)oc2c1. The summed E-state index contributed by atoms with van der Waals surface area (Å²) in [5, 5.41) is 12.7. The van der Waals surface area contributed by atoms with Crippen molar-refractivity contribution in [1.29, 1.82) is 0 Å². The van der Waals surface area contributed by atoms with Crippen molar-refractivity contribution in [3.05, 3.63) is 57.8 Å². The maximum Gasteiger partial charge on any atom is 0.316 e. The molecule has 7 nitrogen and oxygen atoms in total. The van der Waals surface area contributed by atoms with Gasteiger partial charge in [-0.15, -0.1) is 0 Å². The van der Waals surface area contributed by atoms with E-state index < -0.39 is 11.8 Å². The molecule has 9 heteroatoms. The second-order valence-electron chi connectivity index (χ2n) is 6.95. The summed E-state index contributed by atoms with van der Waals surface area (Å²) in [6.07, 6.45) is 2.03. The minimum atomic E-state index is -0.842. The second kappa shape index (κ2) is 10.0. The number of nitrogens with two attached hydrogens (primary N) is 1. The molecule has 1 unspecified atom stereocenters. The molecule has 0 aliphatic carbocycles. The fourth-order valence-corrected chi connectivity index (χ4v) is 3.77. The number of ketones is 1. The number of benzene rings is 2. The van der Waals surface area contributed by atoms with Crippen molar-refractivity contribution in [3.63, 3.8) is 0 Å². The number of aliphatic hydroxyl groups is 1. The van der Waals surface area contributed by atoms with Gasteiger partial charge in [-0.1, -0.05) is 36.5 Å². The first kappa shape index (κ1) is 22.9. The molecule has 0 saturated carbocycles. The van der Waals surface area contributed by atoms with E-state index in [1.807, 2.05) is 6.92 Å². The zero-order chi connectivity index (χ0) is 22.5. The van der Waals surface area contributed by atoms with Crippen molar-refractivity contribution in [2.45, 2.75) is 32.3 Å². The Balaban J connectivity index is 2.04. The molecule has 4 N–H and O–H groups in total. The first-order valence-corrected chi connectivity index (χ1v) is 10.5. The molecule has 1 atom stereocenters. The minimum Gasteiger partial charge on any atom is -0.490 e. The van der Waals surface area contributed by atoms with Crippen LogP contribution in [0.15, 0.2) is 40.8 Å². The van der Waals surface area contributed by atoms with Gasteiger partial charge in [-0.25, -0.2) is 4.79 Å². The van der Waals surface area contributed by atoms with Gasteiger partial charge in [0.2, 0.25) is 5.78 Å². The number of halogens is 2. The van der Waals surface area contributed by atoms with E-state index in [4.69, 9.17) is 38.1 Å². The van der Waals surface area contributed by atoms with E-state index in [0.717, 1.165) is 12.8 Å². The molecule has 0 aliphatic rings. The highest BCUT2D eigenvalue weighted by molar-refractivity contribution is 6.37. The number of fused-ring (bicyclic) bond motifs is 1. The number of furan rings is 1. The topological polar surface area (TPSA) is 115 Å². The Hall–Kier alpha value is -2.74. The Labute approximate surface area is 189 Å². The number of nitrogens with one attached hydrogen (secondary N) is 1. The van der Waals surface area contributed by atoms with Crippen LogP contribution in [0.3, 0.4) is 0 Å². The lowest BCUT2D eigenvalue weighted by atomic mass is 10.1. The van der Waals surface area contributed by atoms with E-state index in [-0.39, 0.29) is 34.7 Å². The first-order valence-electron chi connectivity index (χ1n) is 9.74. The summed E-state index contributed by atoms with van der Waals surface area (Å²) >= 11 is 12.1. The van der Waals surface area contributed by atoms with Crippen LogP contribution in [0.25, 0.3) is 11.0 Å². The molecule has 164 valence electrons. The van der Waals surface area contributed by atoms with Crippen LogP contribution in [0, 0.1) is 0 Å². The van der Waals surface area contributed by atoms with Crippen molar-refractivity contribution in [2.24, 2.45) is 5.73 Å². The van der Waals surface area contributed by atoms with Gasteiger partial charge in [0.05, 0.1) is 5.02 Å². The Morgan fingerprint density at radius 3 is 2.61 bits per heavy atom. The third-order valence-electron chi connectivity index (χ3n) is 4.66. The number of hydrogen-bond acceptors (Lipinski definition) is 5. The highest BCUT2D eigenvalue weighted by Crippen LogP contribution is 2.36. The third-order valence-corrected chi connectivity index (χ3v) is 5.20. The average Bonchev–Trinajstić information content (AvgIpc) is 3.05. The predicted molar refractivity (Wildman–Crippen MR) is 120 cm³/mol. The number of hydrogen-bond donors (Lipinski definition) is 3. The van der Waals surface area contributed by atoms with Gasteiger partial charge >= 0.3 is 6.03 Å². The van der Waals surface area contributed by atoms with E-state index in [1.165, 1.54) is 18.2 Å². The highest BCUT2D eigenvalue weighted by atomic mass is 35.5. The van der Waals surface area contributed by atoms with Crippen molar-refractivity contribution in [1.82, 2.24) is 0 Å². The van der Waals surface area contributed by atoms with E-state index in [9.17, 15) is 14.7 Å². The number of amides is 2. The molecule has 1 aromatic heterocycles. The van der Waals surface area contributed by atoms with Crippen LogP contribution in [0.1, 0.15) is 42.3 Å². The average molecular weight is 465 g/mol. The van der Waals surface area contributed by atoms with Crippen LogP contribution >= 0.6 is 23.2 Å². The van der Waals surface area contributed by atoms with Gasteiger partial charge in [0.1, 0.15) is 23.1 Å². The van der Waals surface area contributed by atoms with Gasteiger partial charge in [-0.05, 0) is 36.8 Å². The summed E-state index contributed by atoms with van der Waals surface area (Å²) in [4.78, 5) is 24.7. The molecular weight excluding hydrogens is 443 g/mol. The smallest absolute Gasteiger partial charge is 0.316 e. The number of carbonyl (C=O) groups excluding carboxylic acids is 2. The normalized spacial score (nSPS) is 12.0. The third kappa shape index (κ3) is 5.31. The maximum absolute atomic E-state index is 13.1. The van der Waals surface area contributed by atoms with Gasteiger partial charge in [0.25, 0.3) is 0 Å². The van der Waals surface area contributed by atoms with E-state index >= 15 is 0 Å². The standard InChI is InChI=1S/C22H22Cl2N2O5/c1-2-3-13(8-9-27)30-14-5-7-16-18(11-14)31-21(19(16)26-22(25)29)20(28)15-6-4-12(23)10-17(15)24/h4-7,10-11,13,27H,2-3,8-9H2,1H3,(H3,25,26,29). The van der Waals surface area contributed by atoms with Gasteiger partial charge in [0, 0.05) is 35.1 Å². The van der Waals surface area contributed by atoms with Crippen LogP contribution in [0.4, 0.5) is 10.5 Å². The van der Waals surface area contributed by atoms with Crippen LogP contribution in [0.5, 0.6) is 5.75 Å². The lowest BCUT2D eigenvalue weighted by Crippen LogP contribution is -2.20. The van der Waals surface area contributed by atoms with Crippen LogP contribution in [-0.4, -0.2) is 29.6 Å². The minimum absolute atomic E-state index is 0.0147. The molecular formula is C22H22Cl2N2O5. The van der Waals surface area contributed by atoms with Crippen LogP contribution < -0.4 is 15.8 Å². The molecule has 2 amide bonds. The second-order valence-corrected chi connectivity index (χ2v) is 7.79. The summed E-state index contributed by atoms with van der Waals surface area (Å²) in [6.45, 7) is 2.05. The Morgan fingerprint density at radius 2 is 1.97 bits per heavy atom. The van der Waals surface area contributed by atoms with Crippen molar-refractivity contribution in [2.75, 3.05) is 11.9 Å². The molecule has 0 radical (unpaired) electrons. The predicted octanol–water partition coefficient (Wildman–Crippen LogP) is 5.39. The summed E-state index contributed by atoms with van der Waals surface area (Å²) in [7, 11) is 0. The summed E-state index contributed by atoms with van der Waals surface area (Å²) in [5.41, 5.74) is 5.94. The zero-order valence-electron chi connectivity index (χ0n) is 16.8. The largest absolute Gasteiger partial charge is 0.490 e. The number of urea groups is 1. The molecule has 0 bridgehead atoms. The lowest BCUT2D eigenvalue weighted by Gasteiger charge is -2.17. The Bertz CT molecular complexity index is 1110. The zero-order valence-corrected chi connectivity index (χ0v) is 18.3. The quantitative estimate of drug-likeness (QED) is 0.367. The molecule has 31 heavy (non-hydrogen) atoms. The van der Waals surface area contributed by atoms with Gasteiger partial charge < -0.3 is 25.3 Å². The maximum atomic E-state index is 13.1. The fourth-order valence-electron chi connectivity index (χ4n) is 3.27. The van der Waals surface area contributed by atoms with Gasteiger partial charge in [-0.3, -0.25) is 4.79 Å². The number of rotatable bonds is 9. The first-order chi connectivity index (χ1) is 14.8. The molecule has 0 saturated heterocycles. The number of carbonyl (C=O) groups is 2. The monoisotopic (exact) mass is 464 g/mol. The Morgan fingerprint density at radius 1 is 1.19 bits per heavy atom. The van der Waals surface area contributed by atoms with E-state index in [1.54, 1.807) is 18.2 Å². The summed E-state index contributed by atoms with van der Waals surface area (Å²) in [6, 6.07) is 8.61. The Kier molecular flexibility index (Phi) is 7.43. The van der Waals surface area contributed by atoms with Gasteiger partial charge in [0.15, 0.2) is 5.76 Å². The molecule has 0 spiro atoms. The van der Waals surface area contributed by atoms with Crippen molar-refractivity contribution < 1.29 is 23.8 Å². The van der Waals surface area contributed by atoms with Crippen LogP contribution in [0.2, 0.25) is 10.0 Å². The van der Waals surface area contributed by atoms with Crippen molar-refractivity contribution >= 4 is 51.7 Å². The molecule has 3 aromatic rings. The molecule has 3 rings (SSSR count). The number of anilines is 1. The summed E-state index contributed by atoms with van der Waals surface area (Å²) < 4.78 is 11.8. The van der Waals surface area contributed by atoms with Crippen LogP contribution in [-0.2, 0) is 0 Å². The highest BCUT2D eigenvalue weighted by Gasteiger charge is 2.25. The number of aliphatic hydroxyl groups excluding tert-OH is 1. The lowest BCUT2D eigenvalue weighted by molar-refractivity contribution is 0.101. The van der Waals surface area contributed by atoms with E-state index in [2.05, 4.69) is 5.32 Å². The molecule has 0 aliphatic heterocycles. The molecule has 1 heterocycles.